The van der Waals surface area contributed by atoms with Gasteiger partial charge in [-0.05, 0) is 37.3 Å². The Morgan fingerprint density at radius 1 is 1.08 bits per heavy atom. The Kier molecular flexibility index (Phi) is 4.11. The highest BCUT2D eigenvalue weighted by Gasteiger charge is 2.18. The molecule has 1 N–H and O–H groups in total. The molecule has 4 aromatic rings. The molecule has 0 saturated carbocycles. The summed E-state index contributed by atoms with van der Waals surface area (Å²) in [6.45, 7) is 2.00. The molecule has 0 amide bonds. The molecule has 0 fully saturated rings. The standard InChI is InChI=1S/C19H17N5S/c1-13-11-16(14-7-6-10-21-12-14)24-19(22-13)17(18(20-2)23-24)25-15-8-4-3-5-9-15/h3-12H,1-2H3,(H,20,23). The second-order valence-electron chi connectivity index (χ2n) is 5.60. The van der Waals surface area contributed by atoms with Crippen molar-refractivity contribution < 1.29 is 0 Å². The van der Waals surface area contributed by atoms with E-state index in [0.717, 1.165) is 38.2 Å². The van der Waals surface area contributed by atoms with Crippen molar-refractivity contribution in [3.05, 3.63) is 66.6 Å². The maximum absolute atomic E-state index is 4.75. The topological polar surface area (TPSA) is 55.1 Å². The molecular formula is C19H17N5S. The number of anilines is 1. The fourth-order valence-electron chi connectivity index (χ4n) is 2.70. The molecule has 0 unspecified atom stereocenters. The van der Waals surface area contributed by atoms with Gasteiger partial charge in [-0.15, -0.1) is 5.10 Å². The minimum atomic E-state index is 0.817. The van der Waals surface area contributed by atoms with E-state index in [1.54, 1.807) is 18.0 Å². The third kappa shape index (κ3) is 2.96. The normalized spacial score (nSPS) is 11.0. The van der Waals surface area contributed by atoms with Gasteiger partial charge in [-0.1, -0.05) is 30.0 Å². The van der Waals surface area contributed by atoms with Crippen LogP contribution in [0.5, 0.6) is 0 Å². The van der Waals surface area contributed by atoms with Gasteiger partial charge in [0, 0.05) is 35.6 Å². The summed E-state index contributed by atoms with van der Waals surface area (Å²) in [6.07, 6.45) is 3.62. The first-order valence-electron chi connectivity index (χ1n) is 7.97. The summed E-state index contributed by atoms with van der Waals surface area (Å²) in [4.78, 5) is 11.1. The first-order valence-corrected chi connectivity index (χ1v) is 8.79. The lowest BCUT2D eigenvalue weighted by atomic mass is 10.2. The predicted molar refractivity (Wildman–Crippen MR) is 101 cm³/mol. The number of hydrogen-bond acceptors (Lipinski definition) is 5. The third-order valence-electron chi connectivity index (χ3n) is 3.83. The highest BCUT2D eigenvalue weighted by molar-refractivity contribution is 7.99. The Balaban J connectivity index is 1.93. The number of pyridine rings is 1. The number of nitrogens with one attached hydrogen (secondary N) is 1. The van der Waals surface area contributed by atoms with Crippen molar-refractivity contribution in [2.45, 2.75) is 16.7 Å². The second-order valence-corrected chi connectivity index (χ2v) is 6.69. The number of fused-ring (bicyclic) bond motifs is 1. The van der Waals surface area contributed by atoms with E-state index in [9.17, 15) is 0 Å². The lowest BCUT2D eigenvalue weighted by Crippen LogP contribution is -1.99. The summed E-state index contributed by atoms with van der Waals surface area (Å²) >= 11 is 1.66. The fraction of sp³-hybridized carbons (Fsp3) is 0.105. The molecule has 0 bridgehead atoms. The van der Waals surface area contributed by atoms with Gasteiger partial charge in [0.1, 0.15) is 4.90 Å². The molecule has 0 radical (unpaired) electrons. The van der Waals surface area contributed by atoms with Gasteiger partial charge in [0.15, 0.2) is 11.5 Å². The molecule has 6 heteroatoms. The molecule has 0 aliphatic carbocycles. The number of aryl methyl sites for hydroxylation is 1. The smallest absolute Gasteiger partial charge is 0.172 e. The van der Waals surface area contributed by atoms with Crippen molar-refractivity contribution in [1.29, 1.82) is 0 Å². The zero-order valence-corrected chi connectivity index (χ0v) is 14.8. The zero-order valence-electron chi connectivity index (χ0n) is 14.0. The molecule has 0 aliphatic heterocycles. The van der Waals surface area contributed by atoms with E-state index in [4.69, 9.17) is 10.1 Å². The molecule has 4 rings (SSSR count). The highest BCUT2D eigenvalue weighted by Crippen LogP contribution is 2.37. The van der Waals surface area contributed by atoms with Crippen LogP contribution < -0.4 is 5.32 Å². The predicted octanol–water partition coefficient (Wildman–Crippen LogP) is 4.29. The van der Waals surface area contributed by atoms with Crippen LogP contribution >= 0.6 is 11.8 Å². The minimum absolute atomic E-state index is 0.817. The molecule has 124 valence electrons. The van der Waals surface area contributed by atoms with Crippen LogP contribution in [0.4, 0.5) is 5.82 Å². The van der Waals surface area contributed by atoms with Gasteiger partial charge in [0.25, 0.3) is 0 Å². The average Bonchev–Trinajstić information content (AvgIpc) is 3.00. The molecule has 1 aromatic carbocycles. The van der Waals surface area contributed by atoms with Gasteiger partial charge in [0.2, 0.25) is 0 Å². The summed E-state index contributed by atoms with van der Waals surface area (Å²) in [7, 11) is 1.88. The molecule has 0 aliphatic rings. The highest BCUT2D eigenvalue weighted by atomic mass is 32.2. The van der Waals surface area contributed by atoms with E-state index in [0.29, 0.717) is 0 Å². The van der Waals surface area contributed by atoms with Crippen LogP contribution in [0, 0.1) is 6.92 Å². The fourth-order valence-corrected chi connectivity index (χ4v) is 3.69. The molecule has 3 aromatic heterocycles. The van der Waals surface area contributed by atoms with E-state index in [2.05, 4.69) is 22.4 Å². The zero-order chi connectivity index (χ0) is 17.2. The largest absolute Gasteiger partial charge is 0.371 e. The van der Waals surface area contributed by atoms with Gasteiger partial charge in [-0.2, -0.15) is 0 Å². The van der Waals surface area contributed by atoms with E-state index < -0.39 is 0 Å². The third-order valence-corrected chi connectivity index (χ3v) is 4.92. The van der Waals surface area contributed by atoms with E-state index in [1.165, 1.54) is 0 Å². The lowest BCUT2D eigenvalue weighted by Gasteiger charge is -2.06. The van der Waals surface area contributed by atoms with Crippen LogP contribution in [0.15, 0.2) is 70.7 Å². The lowest BCUT2D eigenvalue weighted by molar-refractivity contribution is 0.938. The Morgan fingerprint density at radius 3 is 2.64 bits per heavy atom. The van der Waals surface area contributed by atoms with Crippen LogP contribution in [0.2, 0.25) is 0 Å². The van der Waals surface area contributed by atoms with Gasteiger partial charge in [0.05, 0.1) is 5.69 Å². The Labute approximate surface area is 150 Å². The van der Waals surface area contributed by atoms with Gasteiger partial charge in [-0.25, -0.2) is 9.50 Å². The molecule has 0 atom stereocenters. The van der Waals surface area contributed by atoms with Gasteiger partial charge in [-0.3, -0.25) is 4.98 Å². The minimum Gasteiger partial charge on any atom is -0.371 e. The van der Waals surface area contributed by atoms with Crippen LogP contribution in [0.1, 0.15) is 5.69 Å². The van der Waals surface area contributed by atoms with Crippen molar-refractivity contribution in [2.24, 2.45) is 0 Å². The van der Waals surface area contributed by atoms with Gasteiger partial charge < -0.3 is 5.32 Å². The monoisotopic (exact) mass is 347 g/mol. The second kappa shape index (κ2) is 6.57. The maximum Gasteiger partial charge on any atom is 0.172 e. The SMILES string of the molecule is CNc1nn2c(-c3cccnc3)cc(C)nc2c1Sc1ccccc1. The summed E-state index contributed by atoms with van der Waals surface area (Å²) in [5.41, 5.74) is 3.78. The average molecular weight is 347 g/mol. The first-order chi connectivity index (χ1) is 12.3. The number of nitrogens with zero attached hydrogens (tertiary/aromatic N) is 4. The number of benzene rings is 1. The van der Waals surface area contributed by atoms with Crippen molar-refractivity contribution in [3.63, 3.8) is 0 Å². The summed E-state index contributed by atoms with van der Waals surface area (Å²) < 4.78 is 1.89. The van der Waals surface area contributed by atoms with Crippen LogP contribution in [-0.4, -0.2) is 26.6 Å². The summed E-state index contributed by atoms with van der Waals surface area (Å²) in [5.74, 6) is 0.817. The summed E-state index contributed by atoms with van der Waals surface area (Å²) in [5, 5.41) is 7.93. The van der Waals surface area contributed by atoms with Crippen LogP contribution in [0.25, 0.3) is 16.9 Å². The van der Waals surface area contributed by atoms with Crippen molar-refractivity contribution in [2.75, 3.05) is 12.4 Å². The quantitative estimate of drug-likeness (QED) is 0.597. The first kappa shape index (κ1) is 15.7. The molecular weight excluding hydrogens is 330 g/mol. The number of rotatable bonds is 4. The Hall–Kier alpha value is -2.86. The Morgan fingerprint density at radius 2 is 1.92 bits per heavy atom. The van der Waals surface area contributed by atoms with Crippen molar-refractivity contribution in [1.82, 2.24) is 19.6 Å². The molecule has 25 heavy (non-hydrogen) atoms. The molecule has 3 heterocycles. The van der Waals surface area contributed by atoms with E-state index in [-0.39, 0.29) is 0 Å². The van der Waals surface area contributed by atoms with Crippen molar-refractivity contribution >= 4 is 23.2 Å². The Bertz CT molecular complexity index is 1010. The van der Waals surface area contributed by atoms with Gasteiger partial charge >= 0.3 is 0 Å². The molecule has 0 saturated heterocycles. The van der Waals surface area contributed by atoms with Crippen LogP contribution in [-0.2, 0) is 0 Å². The molecule has 5 nitrogen and oxygen atoms in total. The van der Waals surface area contributed by atoms with E-state index >= 15 is 0 Å². The molecule has 0 spiro atoms. The van der Waals surface area contributed by atoms with Crippen LogP contribution in [0.3, 0.4) is 0 Å². The number of hydrogen-bond donors (Lipinski definition) is 1. The van der Waals surface area contributed by atoms with Crippen molar-refractivity contribution in [3.8, 4) is 11.3 Å². The van der Waals surface area contributed by atoms with E-state index in [1.807, 2.05) is 61.1 Å². The summed E-state index contributed by atoms with van der Waals surface area (Å²) in [6, 6.07) is 16.3. The maximum atomic E-state index is 4.75. The number of aromatic nitrogens is 4.